The minimum atomic E-state index is -4.36. The summed E-state index contributed by atoms with van der Waals surface area (Å²) < 4.78 is 38.0. The molecule has 0 spiro atoms. The lowest BCUT2D eigenvalue weighted by atomic mass is 10.2. The molecule has 13 heavy (non-hydrogen) atoms. The van der Waals surface area contributed by atoms with Gasteiger partial charge in [0.2, 0.25) is 0 Å². The van der Waals surface area contributed by atoms with Crippen LogP contribution < -0.4 is 0 Å². The van der Waals surface area contributed by atoms with Crippen LogP contribution in [-0.2, 0) is 19.6 Å². The fourth-order valence-corrected chi connectivity index (χ4v) is 1.32. The predicted molar refractivity (Wildman–Crippen MR) is 45.8 cm³/mol. The van der Waals surface area contributed by atoms with Crippen molar-refractivity contribution in [3.8, 4) is 0 Å². The summed E-state index contributed by atoms with van der Waals surface area (Å²) in [7, 11) is 1.47. The number of halogens is 3. The molecule has 1 aromatic heterocycles. The van der Waals surface area contributed by atoms with Gasteiger partial charge >= 0.3 is 6.18 Å². The van der Waals surface area contributed by atoms with Gasteiger partial charge in [0, 0.05) is 18.8 Å². The number of nitrogens with zero attached hydrogens (tertiary/aromatic N) is 2. The van der Waals surface area contributed by atoms with Crippen LogP contribution in [0.1, 0.15) is 11.3 Å². The highest BCUT2D eigenvalue weighted by Gasteiger charge is 2.36. The molecule has 0 unspecified atom stereocenters. The number of thiol groups is 1. The molecule has 0 atom stereocenters. The van der Waals surface area contributed by atoms with Crippen LogP contribution in [0.2, 0.25) is 0 Å². The van der Waals surface area contributed by atoms with Crippen molar-refractivity contribution in [1.82, 2.24) is 9.78 Å². The summed E-state index contributed by atoms with van der Waals surface area (Å²) in [4.78, 5) is 0. The quantitative estimate of drug-likeness (QED) is 0.738. The Morgan fingerprint density at radius 1 is 1.54 bits per heavy atom. The van der Waals surface area contributed by atoms with Gasteiger partial charge in [0.15, 0.2) is 5.69 Å². The summed E-state index contributed by atoms with van der Waals surface area (Å²) in [6.07, 6.45) is -2.70. The third-order valence-corrected chi connectivity index (χ3v) is 1.78. The molecule has 2 nitrogen and oxygen atoms in total. The fourth-order valence-electron chi connectivity index (χ4n) is 1.08. The molecule has 1 aromatic rings. The van der Waals surface area contributed by atoms with Gasteiger partial charge in [-0.15, -0.1) is 0 Å². The Morgan fingerprint density at radius 3 is 2.62 bits per heavy atom. The second-order valence-electron chi connectivity index (χ2n) is 2.65. The first-order chi connectivity index (χ1) is 5.95. The predicted octanol–water partition coefficient (Wildman–Crippen LogP) is 1.91. The fraction of sp³-hybridized carbons (Fsp3) is 0.571. The maximum absolute atomic E-state index is 12.3. The third kappa shape index (κ3) is 2.40. The number of hydrogen-bond donors (Lipinski definition) is 1. The molecule has 0 N–H and O–H groups in total. The molecular weight excluding hydrogens is 201 g/mol. The third-order valence-electron chi connectivity index (χ3n) is 1.55. The first-order valence-corrected chi connectivity index (χ1v) is 4.29. The standard InChI is InChI=1S/C7H9F3N2S/c1-12-4-5(2-3-13)6(11-12)7(8,9)10/h4,13H,2-3H2,1H3. The number of alkyl halides is 3. The van der Waals surface area contributed by atoms with E-state index in [9.17, 15) is 13.2 Å². The topological polar surface area (TPSA) is 17.8 Å². The Kier molecular flexibility index (Phi) is 2.90. The average molecular weight is 210 g/mol. The van der Waals surface area contributed by atoms with Crippen LogP contribution in [0.15, 0.2) is 6.20 Å². The first kappa shape index (κ1) is 10.4. The van der Waals surface area contributed by atoms with Crippen LogP contribution in [0, 0.1) is 0 Å². The molecule has 0 aliphatic carbocycles. The highest BCUT2D eigenvalue weighted by Crippen LogP contribution is 2.30. The number of aryl methyl sites for hydroxylation is 2. The molecular formula is C7H9F3N2S. The molecule has 1 heterocycles. The zero-order valence-electron chi connectivity index (χ0n) is 6.97. The molecule has 0 fully saturated rings. The van der Waals surface area contributed by atoms with Gasteiger partial charge in [-0.25, -0.2) is 0 Å². The van der Waals surface area contributed by atoms with Crippen molar-refractivity contribution in [2.24, 2.45) is 7.05 Å². The van der Waals surface area contributed by atoms with Gasteiger partial charge in [-0.3, -0.25) is 4.68 Å². The number of rotatable bonds is 2. The molecule has 0 amide bonds. The lowest BCUT2D eigenvalue weighted by Gasteiger charge is -2.03. The van der Waals surface area contributed by atoms with Crippen molar-refractivity contribution in [3.63, 3.8) is 0 Å². The number of aromatic nitrogens is 2. The van der Waals surface area contributed by atoms with E-state index in [1.165, 1.54) is 17.9 Å². The van der Waals surface area contributed by atoms with Gasteiger partial charge in [0.05, 0.1) is 0 Å². The maximum atomic E-state index is 12.3. The van der Waals surface area contributed by atoms with Crippen LogP contribution >= 0.6 is 12.6 Å². The lowest BCUT2D eigenvalue weighted by molar-refractivity contribution is -0.142. The largest absolute Gasteiger partial charge is 0.435 e. The van der Waals surface area contributed by atoms with E-state index >= 15 is 0 Å². The minimum Gasteiger partial charge on any atom is -0.275 e. The van der Waals surface area contributed by atoms with Gasteiger partial charge in [-0.1, -0.05) is 0 Å². The molecule has 0 radical (unpaired) electrons. The van der Waals surface area contributed by atoms with Crippen molar-refractivity contribution in [2.75, 3.05) is 5.75 Å². The summed E-state index contributed by atoms with van der Waals surface area (Å²) in [6, 6.07) is 0. The van der Waals surface area contributed by atoms with Crippen molar-refractivity contribution in [2.45, 2.75) is 12.6 Å². The molecule has 1 rings (SSSR count). The highest BCUT2D eigenvalue weighted by atomic mass is 32.1. The zero-order chi connectivity index (χ0) is 10.1. The van der Waals surface area contributed by atoms with Gasteiger partial charge in [0.1, 0.15) is 0 Å². The van der Waals surface area contributed by atoms with Crippen LogP contribution in [0.25, 0.3) is 0 Å². The van der Waals surface area contributed by atoms with E-state index in [1.54, 1.807) is 0 Å². The van der Waals surface area contributed by atoms with Crippen LogP contribution in [0.4, 0.5) is 13.2 Å². The highest BCUT2D eigenvalue weighted by molar-refractivity contribution is 7.80. The molecule has 0 aliphatic rings. The van der Waals surface area contributed by atoms with Crippen molar-refractivity contribution in [1.29, 1.82) is 0 Å². The number of hydrogen-bond acceptors (Lipinski definition) is 2. The second-order valence-corrected chi connectivity index (χ2v) is 3.10. The molecule has 0 saturated heterocycles. The van der Waals surface area contributed by atoms with E-state index in [0.29, 0.717) is 5.75 Å². The molecule has 0 aromatic carbocycles. The second kappa shape index (κ2) is 3.61. The molecule has 0 aliphatic heterocycles. The first-order valence-electron chi connectivity index (χ1n) is 3.65. The van der Waals surface area contributed by atoms with Crippen molar-refractivity contribution in [3.05, 3.63) is 17.5 Å². The van der Waals surface area contributed by atoms with Crippen molar-refractivity contribution >= 4 is 12.6 Å². The van der Waals surface area contributed by atoms with Gasteiger partial charge in [0.25, 0.3) is 0 Å². The Balaban J connectivity index is 3.04. The van der Waals surface area contributed by atoms with Gasteiger partial charge in [-0.05, 0) is 12.2 Å². The van der Waals surface area contributed by atoms with Crippen LogP contribution in [0.3, 0.4) is 0 Å². The van der Waals surface area contributed by atoms with Crippen LogP contribution in [-0.4, -0.2) is 15.5 Å². The summed E-state index contributed by atoms with van der Waals surface area (Å²) >= 11 is 3.88. The van der Waals surface area contributed by atoms with Gasteiger partial charge in [-0.2, -0.15) is 30.9 Å². The molecule has 0 bridgehead atoms. The van der Waals surface area contributed by atoms with E-state index in [0.717, 1.165) is 0 Å². The Morgan fingerprint density at radius 2 is 2.15 bits per heavy atom. The smallest absolute Gasteiger partial charge is 0.275 e. The van der Waals surface area contributed by atoms with Crippen LogP contribution in [0.5, 0.6) is 0 Å². The molecule has 6 heteroatoms. The summed E-state index contributed by atoms with van der Waals surface area (Å²) in [5.41, 5.74) is -0.603. The van der Waals surface area contributed by atoms with Crippen molar-refractivity contribution < 1.29 is 13.2 Å². The summed E-state index contributed by atoms with van der Waals surface area (Å²) in [5.74, 6) is 0.384. The normalized spacial score (nSPS) is 12.1. The summed E-state index contributed by atoms with van der Waals surface area (Å²) in [6.45, 7) is 0. The Hall–Kier alpha value is -0.650. The lowest BCUT2D eigenvalue weighted by Crippen LogP contribution is -2.09. The average Bonchev–Trinajstić information content (AvgIpc) is 2.30. The van der Waals surface area contributed by atoms with Gasteiger partial charge < -0.3 is 0 Å². The zero-order valence-corrected chi connectivity index (χ0v) is 7.86. The molecule has 0 saturated carbocycles. The minimum absolute atomic E-state index is 0.199. The Labute approximate surface area is 79.2 Å². The van der Waals surface area contributed by atoms with E-state index in [2.05, 4.69) is 17.7 Å². The summed E-state index contributed by atoms with van der Waals surface area (Å²) in [5, 5.41) is 3.36. The van der Waals surface area contributed by atoms with E-state index in [4.69, 9.17) is 0 Å². The van der Waals surface area contributed by atoms with E-state index in [-0.39, 0.29) is 12.0 Å². The maximum Gasteiger partial charge on any atom is 0.435 e. The SMILES string of the molecule is Cn1cc(CCS)c(C(F)(F)F)n1. The van der Waals surface area contributed by atoms with E-state index < -0.39 is 11.9 Å². The Bertz CT molecular complexity index is 292. The molecule has 74 valence electrons. The monoisotopic (exact) mass is 210 g/mol. The van der Waals surface area contributed by atoms with E-state index in [1.807, 2.05) is 0 Å².